The Morgan fingerprint density at radius 3 is 1.46 bits per heavy atom. The SMILES string of the molecule is Cc1ccc(-c2ccccc2N(c2ccc3c(c2)C(C)(C)c2ccccc2-3)c2ccc3c(c2)C(c2ccccc2)(c2ccccc2)c2ccccc2-3)cc1. The van der Waals surface area contributed by atoms with Crippen LogP contribution in [0.5, 0.6) is 0 Å². The Hall–Kier alpha value is -6.44. The van der Waals surface area contributed by atoms with E-state index in [0.29, 0.717) is 0 Å². The number of hydrogen-bond acceptors (Lipinski definition) is 1. The van der Waals surface area contributed by atoms with Crippen LogP contribution in [0.1, 0.15) is 52.8 Å². The summed E-state index contributed by atoms with van der Waals surface area (Å²) in [6.45, 7) is 6.89. The lowest BCUT2D eigenvalue weighted by Crippen LogP contribution is -2.28. The molecule has 0 atom stereocenters. The van der Waals surface area contributed by atoms with Crippen molar-refractivity contribution in [3.63, 3.8) is 0 Å². The predicted molar refractivity (Wildman–Crippen MR) is 226 cm³/mol. The van der Waals surface area contributed by atoms with E-state index in [1.807, 2.05) is 0 Å². The monoisotopic (exact) mass is 691 g/mol. The molecule has 0 saturated heterocycles. The zero-order valence-electron chi connectivity index (χ0n) is 30.9. The highest BCUT2D eigenvalue weighted by Gasteiger charge is 2.46. The fraction of sp³-hybridized carbons (Fsp3) is 0.0943. The zero-order chi connectivity index (χ0) is 36.4. The van der Waals surface area contributed by atoms with Crippen molar-refractivity contribution in [3.8, 4) is 33.4 Å². The average molecular weight is 692 g/mol. The second-order valence-corrected chi connectivity index (χ2v) is 15.4. The van der Waals surface area contributed by atoms with Crippen LogP contribution in [-0.4, -0.2) is 0 Å². The molecule has 258 valence electrons. The number of hydrogen-bond donors (Lipinski definition) is 0. The van der Waals surface area contributed by atoms with Gasteiger partial charge in [0.05, 0.1) is 11.1 Å². The summed E-state index contributed by atoms with van der Waals surface area (Å²) in [5, 5.41) is 0. The summed E-state index contributed by atoms with van der Waals surface area (Å²) < 4.78 is 0. The first-order valence-corrected chi connectivity index (χ1v) is 19.0. The van der Waals surface area contributed by atoms with Crippen molar-refractivity contribution in [2.45, 2.75) is 31.6 Å². The summed E-state index contributed by atoms with van der Waals surface area (Å²) in [5.74, 6) is 0. The molecular formula is C53H41N. The molecule has 0 unspecified atom stereocenters. The maximum Gasteiger partial charge on any atom is 0.0714 e. The molecule has 0 saturated carbocycles. The van der Waals surface area contributed by atoms with Gasteiger partial charge in [-0.1, -0.05) is 183 Å². The van der Waals surface area contributed by atoms with Gasteiger partial charge >= 0.3 is 0 Å². The molecule has 54 heavy (non-hydrogen) atoms. The Balaban J connectivity index is 1.26. The van der Waals surface area contributed by atoms with Gasteiger partial charge < -0.3 is 4.90 Å². The molecule has 0 spiro atoms. The van der Waals surface area contributed by atoms with Crippen LogP contribution in [-0.2, 0) is 10.8 Å². The number of fused-ring (bicyclic) bond motifs is 6. The van der Waals surface area contributed by atoms with Crippen molar-refractivity contribution in [2.75, 3.05) is 4.90 Å². The first kappa shape index (κ1) is 32.2. The van der Waals surface area contributed by atoms with Crippen LogP contribution >= 0.6 is 0 Å². The Bertz CT molecular complexity index is 2650. The average Bonchev–Trinajstić information content (AvgIpc) is 3.64. The van der Waals surface area contributed by atoms with Crippen LogP contribution in [0.4, 0.5) is 17.1 Å². The molecule has 1 heteroatoms. The number of benzene rings is 8. The molecule has 0 aliphatic heterocycles. The second-order valence-electron chi connectivity index (χ2n) is 15.4. The molecule has 0 aromatic heterocycles. The molecule has 0 heterocycles. The number of rotatable bonds is 6. The van der Waals surface area contributed by atoms with Crippen LogP contribution < -0.4 is 4.90 Å². The summed E-state index contributed by atoms with van der Waals surface area (Å²) in [6.07, 6.45) is 0. The molecule has 0 fully saturated rings. The van der Waals surface area contributed by atoms with E-state index in [-0.39, 0.29) is 5.41 Å². The Labute approximate surface area is 318 Å². The van der Waals surface area contributed by atoms with E-state index in [0.717, 1.165) is 17.1 Å². The summed E-state index contributed by atoms with van der Waals surface area (Å²) >= 11 is 0. The van der Waals surface area contributed by atoms with Gasteiger partial charge in [-0.3, -0.25) is 0 Å². The van der Waals surface area contributed by atoms with Gasteiger partial charge in [0, 0.05) is 22.4 Å². The van der Waals surface area contributed by atoms with Crippen molar-refractivity contribution in [3.05, 3.63) is 233 Å². The Morgan fingerprint density at radius 1 is 0.370 bits per heavy atom. The molecule has 0 bridgehead atoms. The van der Waals surface area contributed by atoms with E-state index in [1.54, 1.807) is 0 Å². The van der Waals surface area contributed by atoms with Crippen molar-refractivity contribution in [2.24, 2.45) is 0 Å². The van der Waals surface area contributed by atoms with Crippen molar-refractivity contribution >= 4 is 17.1 Å². The van der Waals surface area contributed by atoms with E-state index in [2.05, 4.69) is 220 Å². The second kappa shape index (κ2) is 12.3. The minimum atomic E-state index is -0.492. The molecule has 0 amide bonds. The van der Waals surface area contributed by atoms with Gasteiger partial charge in [-0.15, -0.1) is 0 Å². The first-order valence-electron chi connectivity index (χ1n) is 19.0. The van der Waals surface area contributed by atoms with Gasteiger partial charge in [-0.2, -0.15) is 0 Å². The van der Waals surface area contributed by atoms with E-state index in [4.69, 9.17) is 0 Å². The molecule has 2 aliphatic rings. The number of aryl methyl sites for hydroxylation is 1. The standard InChI is InChI=1S/C53H41N/c1-36-26-28-37(29-27-36)42-20-12-15-25-51(42)54(40-30-32-45-43-21-10-13-23-47(43)52(2,3)49(45)34-40)41-31-33-46-44-22-11-14-24-48(44)53(50(46)35-41,38-16-6-4-7-17-38)39-18-8-5-9-19-39/h4-35H,1-3H3. The maximum absolute atomic E-state index is 2.50. The van der Waals surface area contributed by atoms with Gasteiger partial charge in [0.25, 0.3) is 0 Å². The smallest absolute Gasteiger partial charge is 0.0714 e. The molecule has 2 aliphatic carbocycles. The third kappa shape index (κ3) is 4.71. The molecule has 8 aromatic carbocycles. The van der Waals surface area contributed by atoms with Crippen molar-refractivity contribution in [1.82, 2.24) is 0 Å². The number of nitrogens with zero attached hydrogens (tertiary/aromatic N) is 1. The summed E-state index contributed by atoms with van der Waals surface area (Å²) in [7, 11) is 0. The van der Waals surface area contributed by atoms with E-state index in [9.17, 15) is 0 Å². The highest BCUT2D eigenvalue weighted by molar-refractivity contribution is 5.93. The molecule has 0 N–H and O–H groups in total. The van der Waals surface area contributed by atoms with Crippen molar-refractivity contribution < 1.29 is 0 Å². The van der Waals surface area contributed by atoms with E-state index in [1.165, 1.54) is 72.3 Å². The fourth-order valence-electron chi connectivity index (χ4n) is 9.48. The highest BCUT2D eigenvalue weighted by atomic mass is 15.1. The molecule has 8 aromatic rings. The number of anilines is 3. The molecular weight excluding hydrogens is 651 g/mol. The predicted octanol–water partition coefficient (Wildman–Crippen LogP) is 13.8. The number of para-hydroxylation sites is 1. The lowest BCUT2D eigenvalue weighted by atomic mass is 9.67. The van der Waals surface area contributed by atoms with Crippen LogP contribution in [0.25, 0.3) is 33.4 Å². The third-order valence-corrected chi connectivity index (χ3v) is 12.0. The lowest BCUT2D eigenvalue weighted by Gasteiger charge is -2.35. The zero-order valence-corrected chi connectivity index (χ0v) is 30.9. The van der Waals surface area contributed by atoms with Gasteiger partial charge in [-0.25, -0.2) is 0 Å². The molecule has 1 nitrogen and oxygen atoms in total. The topological polar surface area (TPSA) is 3.24 Å². The summed E-state index contributed by atoms with van der Waals surface area (Å²) in [4.78, 5) is 2.50. The van der Waals surface area contributed by atoms with Gasteiger partial charge in [0.1, 0.15) is 0 Å². The Kier molecular flexibility index (Phi) is 7.35. The lowest BCUT2D eigenvalue weighted by molar-refractivity contribution is 0.660. The van der Waals surface area contributed by atoms with Crippen LogP contribution in [0.15, 0.2) is 194 Å². The van der Waals surface area contributed by atoms with Gasteiger partial charge in [0.15, 0.2) is 0 Å². The van der Waals surface area contributed by atoms with Crippen LogP contribution in [0.3, 0.4) is 0 Å². The highest BCUT2D eigenvalue weighted by Crippen LogP contribution is 2.58. The summed E-state index contributed by atoms with van der Waals surface area (Å²) in [5.41, 5.74) is 19.6. The minimum Gasteiger partial charge on any atom is -0.310 e. The quantitative estimate of drug-likeness (QED) is 0.168. The third-order valence-electron chi connectivity index (χ3n) is 12.0. The van der Waals surface area contributed by atoms with E-state index < -0.39 is 5.41 Å². The minimum absolute atomic E-state index is 0.126. The molecule has 0 radical (unpaired) electrons. The first-order chi connectivity index (χ1) is 26.5. The largest absolute Gasteiger partial charge is 0.310 e. The van der Waals surface area contributed by atoms with Gasteiger partial charge in [0.2, 0.25) is 0 Å². The summed E-state index contributed by atoms with van der Waals surface area (Å²) in [6, 6.07) is 72.2. The fourth-order valence-corrected chi connectivity index (χ4v) is 9.48. The Morgan fingerprint density at radius 2 is 0.833 bits per heavy atom. The maximum atomic E-state index is 2.50. The molecule has 10 rings (SSSR count). The van der Waals surface area contributed by atoms with Crippen molar-refractivity contribution in [1.29, 1.82) is 0 Å². The van der Waals surface area contributed by atoms with Crippen LogP contribution in [0.2, 0.25) is 0 Å². The normalized spacial score (nSPS) is 14.1. The van der Waals surface area contributed by atoms with Gasteiger partial charge in [-0.05, 0) is 98.5 Å². The van der Waals surface area contributed by atoms with Crippen LogP contribution in [0, 0.1) is 6.92 Å². The van der Waals surface area contributed by atoms with E-state index >= 15 is 0 Å².